The fraction of sp³-hybridized carbons (Fsp3) is 0.333. The zero-order chi connectivity index (χ0) is 13.7. The Hall–Kier alpha value is -1.52. The molecule has 1 aromatic heterocycles. The van der Waals surface area contributed by atoms with Crippen LogP contribution in [0.25, 0.3) is 0 Å². The Morgan fingerprint density at radius 2 is 2.16 bits per heavy atom. The van der Waals surface area contributed by atoms with Gasteiger partial charge in [-0.15, -0.1) is 11.3 Å². The molecule has 0 fully saturated rings. The van der Waals surface area contributed by atoms with Crippen LogP contribution >= 0.6 is 11.3 Å². The summed E-state index contributed by atoms with van der Waals surface area (Å²) < 4.78 is 5.35. The van der Waals surface area contributed by atoms with E-state index in [9.17, 15) is 10.2 Å². The molecule has 0 spiro atoms. The molecule has 1 unspecified atom stereocenters. The number of aliphatic hydroxyl groups is 1. The third-order valence-corrected chi connectivity index (χ3v) is 3.88. The predicted molar refractivity (Wildman–Crippen MR) is 76.9 cm³/mol. The molecule has 2 N–H and O–H groups in total. The first-order valence-electron chi connectivity index (χ1n) is 6.37. The summed E-state index contributed by atoms with van der Waals surface area (Å²) in [5.74, 6) is 0.662. The molecule has 2 aromatic rings. The van der Waals surface area contributed by atoms with Crippen LogP contribution in [0.3, 0.4) is 0 Å². The maximum Gasteiger partial charge on any atom is 0.161 e. The van der Waals surface area contributed by atoms with Crippen molar-refractivity contribution >= 4 is 11.3 Å². The van der Waals surface area contributed by atoms with Crippen LogP contribution in [0.15, 0.2) is 35.7 Å². The largest absolute Gasteiger partial charge is 0.504 e. The van der Waals surface area contributed by atoms with E-state index < -0.39 is 6.10 Å². The number of aryl methyl sites for hydroxylation is 1. The van der Waals surface area contributed by atoms with Gasteiger partial charge in [0.15, 0.2) is 11.5 Å². The lowest BCUT2D eigenvalue weighted by Crippen LogP contribution is -1.98. The molecule has 0 saturated carbocycles. The fourth-order valence-corrected chi connectivity index (χ4v) is 2.66. The van der Waals surface area contributed by atoms with Gasteiger partial charge in [0.2, 0.25) is 0 Å². The molecular weight excluding hydrogens is 260 g/mol. The van der Waals surface area contributed by atoms with Crippen LogP contribution in [0.2, 0.25) is 0 Å². The van der Waals surface area contributed by atoms with Crippen LogP contribution in [-0.4, -0.2) is 16.8 Å². The van der Waals surface area contributed by atoms with Crippen molar-refractivity contribution in [2.75, 3.05) is 6.61 Å². The average molecular weight is 278 g/mol. The molecule has 3 nitrogen and oxygen atoms in total. The van der Waals surface area contributed by atoms with Crippen molar-refractivity contribution in [3.05, 3.63) is 46.2 Å². The first-order chi connectivity index (χ1) is 9.20. The van der Waals surface area contributed by atoms with Gasteiger partial charge in [-0.3, -0.25) is 0 Å². The van der Waals surface area contributed by atoms with E-state index in [1.807, 2.05) is 36.6 Å². The van der Waals surface area contributed by atoms with Crippen molar-refractivity contribution in [1.29, 1.82) is 0 Å². The van der Waals surface area contributed by atoms with E-state index in [1.54, 1.807) is 17.4 Å². The van der Waals surface area contributed by atoms with Gasteiger partial charge in [0.1, 0.15) is 0 Å². The van der Waals surface area contributed by atoms with Gasteiger partial charge >= 0.3 is 0 Å². The zero-order valence-electron chi connectivity index (χ0n) is 10.9. The van der Waals surface area contributed by atoms with Gasteiger partial charge < -0.3 is 14.9 Å². The Balaban J connectivity index is 1.97. The average Bonchev–Trinajstić information content (AvgIpc) is 2.93. The van der Waals surface area contributed by atoms with Gasteiger partial charge in [-0.2, -0.15) is 0 Å². The van der Waals surface area contributed by atoms with Crippen molar-refractivity contribution in [2.45, 2.75) is 25.9 Å². The molecule has 102 valence electrons. The van der Waals surface area contributed by atoms with Crippen molar-refractivity contribution in [3.8, 4) is 11.5 Å². The molecule has 1 aromatic carbocycles. The Morgan fingerprint density at radius 1 is 1.32 bits per heavy atom. The number of thiophene rings is 1. The van der Waals surface area contributed by atoms with Crippen molar-refractivity contribution < 1.29 is 14.9 Å². The fourth-order valence-electron chi connectivity index (χ4n) is 1.91. The molecule has 0 aliphatic rings. The molecule has 4 heteroatoms. The molecule has 0 amide bonds. The SMILES string of the molecule is CCOc1cc(CCC(O)c2cccs2)ccc1O. The second kappa shape index (κ2) is 6.59. The van der Waals surface area contributed by atoms with E-state index >= 15 is 0 Å². The molecule has 0 radical (unpaired) electrons. The summed E-state index contributed by atoms with van der Waals surface area (Å²) in [4.78, 5) is 0.990. The van der Waals surface area contributed by atoms with Crippen LogP contribution in [0.4, 0.5) is 0 Å². The van der Waals surface area contributed by atoms with Gasteiger partial charge in [0, 0.05) is 4.88 Å². The number of aliphatic hydroxyl groups excluding tert-OH is 1. The van der Waals surface area contributed by atoms with Gasteiger partial charge in [-0.1, -0.05) is 12.1 Å². The normalized spacial score (nSPS) is 12.3. The van der Waals surface area contributed by atoms with Gasteiger partial charge in [-0.25, -0.2) is 0 Å². The van der Waals surface area contributed by atoms with E-state index in [4.69, 9.17) is 4.74 Å². The molecule has 0 aliphatic carbocycles. The summed E-state index contributed by atoms with van der Waals surface area (Å²) in [6.07, 6.45) is 0.986. The number of ether oxygens (including phenoxy) is 1. The molecular formula is C15H18O3S. The minimum Gasteiger partial charge on any atom is -0.504 e. The van der Waals surface area contributed by atoms with Crippen LogP contribution in [-0.2, 0) is 6.42 Å². The summed E-state index contributed by atoms with van der Waals surface area (Å²) in [5.41, 5.74) is 1.05. The molecule has 1 atom stereocenters. The number of aromatic hydroxyl groups is 1. The number of phenolic OH excluding ortho intramolecular Hbond substituents is 1. The quantitative estimate of drug-likeness (QED) is 0.850. The van der Waals surface area contributed by atoms with Gasteiger partial charge in [0.05, 0.1) is 12.7 Å². The number of benzene rings is 1. The third kappa shape index (κ3) is 3.72. The van der Waals surface area contributed by atoms with Crippen LogP contribution in [0, 0.1) is 0 Å². The minimum atomic E-state index is -0.427. The number of rotatable bonds is 6. The first kappa shape index (κ1) is 13.9. The maximum atomic E-state index is 10.0. The van der Waals surface area contributed by atoms with Crippen LogP contribution < -0.4 is 4.74 Å². The first-order valence-corrected chi connectivity index (χ1v) is 7.25. The molecule has 1 heterocycles. The standard InChI is InChI=1S/C15H18O3S/c1-2-18-14-10-11(5-7-12(14)16)6-8-13(17)15-4-3-9-19-15/h3-5,7,9-10,13,16-17H,2,6,8H2,1H3. The second-order valence-corrected chi connectivity index (χ2v) is 5.28. The summed E-state index contributed by atoms with van der Waals surface area (Å²) in [5, 5.41) is 21.6. The summed E-state index contributed by atoms with van der Waals surface area (Å²) in [6, 6.07) is 9.21. The smallest absolute Gasteiger partial charge is 0.161 e. The van der Waals surface area contributed by atoms with Crippen molar-refractivity contribution in [3.63, 3.8) is 0 Å². The summed E-state index contributed by atoms with van der Waals surface area (Å²) in [7, 11) is 0. The zero-order valence-corrected chi connectivity index (χ0v) is 11.7. The van der Waals surface area contributed by atoms with E-state index in [-0.39, 0.29) is 5.75 Å². The second-order valence-electron chi connectivity index (χ2n) is 4.30. The summed E-state index contributed by atoms with van der Waals surface area (Å²) >= 11 is 1.57. The lowest BCUT2D eigenvalue weighted by atomic mass is 10.1. The lowest BCUT2D eigenvalue weighted by Gasteiger charge is -2.10. The monoisotopic (exact) mass is 278 g/mol. The minimum absolute atomic E-state index is 0.157. The number of phenols is 1. The Kier molecular flexibility index (Phi) is 4.82. The van der Waals surface area contributed by atoms with Crippen LogP contribution in [0.5, 0.6) is 11.5 Å². The highest BCUT2D eigenvalue weighted by molar-refractivity contribution is 7.10. The van der Waals surface area contributed by atoms with E-state index in [1.165, 1.54) is 0 Å². The Bertz CT molecular complexity index is 508. The van der Waals surface area contributed by atoms with E-state index in [0.29, 0.717) is 18.8 Å². The highest BCUT2D eigenvalue weighted by Crippen LogP contribution is 2.29. The van der Waals surface area contributed by atoms with Crippen molar-refractivity contribution in [1.82, 2.24) is 0 Å². The summed E-state index contributed by atoms with van der Waals surface area (Å²) in [6.45, 7) is 2.40. The molecule has 0 aliphatic heterocycles. The molecule has 0 saturated heterocycles. The highest BCUT2D eigenvalue weighted by atomic mass is 32.1. The van der Waals surface area contributed by atoms with Gasteiger partial charge in [0.25, 0.3) is 0 Å². The number of hydrogen-bond acceptors (Lipinski definition) is 4. The predicted octanol–water partition coefficient (Wildman–Crippen LogP) is 3.52. The Morgan fingerprint density at radius 3 is 2.84 bits per heavy atom. The van der Waals surface area contributed by atoms with Crippen molar-refractivity contribution in [2.24, 2.45) is 0 Å². The van der Waals surface area contributed by atoms with Gasteiger partial charge in [-0.05, 0) is 48.9 Å². The Labute approximate surface area is 117 Å². The molecule has 0 bridgehead atoms. The van der Waals surface area contributed by atoms with E-state index in [2.05, 4.69) is 0 Å². The third-order valence-electron chi connectivity index (χ3n) is 2.90. The molecule has 2 rings (SSSR count). The van der Waals surface area contributed by atoms with E-state index in [0.717, 1.165) is 16.9 Å². The highest BCUT2D eigenvalue weighted by Gasteiger charge is 2.10. The lowest BCUT2D eigenvalue weighted by molar-refractivity contribution is 0.171. The van der Waals surface area contributed by atoms with Crippen LogP contribution in [0.1, 0.15) is 29.9 Å². The maximum absolute atomic E-state index is 10.0. The molecule has 19 heavy (non-hydrogen) atoms. The topological polar surface area (TPSA) is 49.7 Å². The number of hydrogen-bond donors (Lipinski definition) is 2.